The van der Waals surface area contributed by atoms with E-state index in [0.29, 0.717) is 16.1 Å². The van der Waals surface area contributed by atoms with E-state index in [2.05, 4.69) is 4.57 Å². The first kappa shape index (κ1) is 24.6. The molecule has 0 amide bonds. The monoisotopic (exact) mass is 497 g/mol. The summed E-state index contributed by atoms with van der Waals surface area (Å²) < 4.78 is 13.2. The number of ketones is 1. The fourth-order valence-corrected chi connectivity index (χ4v) is 5.06. The zero-order valence-corrected chi connectivity index (χ0v) is 21.0. The quantitative estimate of drug-likeness (QED) is 0.198. The fourth-order valence-electron chi connectivity index (χ4n) is 4.08. The van der Waals surface area contributed by atoms with E-state index in [0.717, 1.165) is 53.6 Å². The maximum Gasteiger partial charge on any atom is 0.338 e. The van der Waals surface area contributed by atoms with Gasteiger partial charge >= 0.3 is 5.97 Å². The number of aromatic nitrogens is 1. The summed E-state index contributed by atoms with van der Waals surface area (Å²) in [5.41, 5.74) is 4.01. The van der Waals surface area contributed by atoms with Crippen LogP contribution in [-0.2, 0) is 21.8 Å². The lowest BCUT2D eigenvalue weighted by Crippen LogP contribution is -2.18. The minimum Gasteiger partial charge on any atom is -0.454 e. The number of rotatable bonds is 9. The fraction of sp³-hybridized carbons (Fsp3) is 0.333. The predicted octanol–water partition coefficient (Wildman–Crippen LogP) is 6.27. The number of carbonyl (C=O) groups excluding carboxylic acids is 2. The van der Waals surface area contributed by atoms with E-state index in [1.54, 1.807) is 23.9 Å². The molecule has 1 atom stereocenters. The molecule has 0 radical (unpaired) electrons. The van der Waals surface area contributed by atoms with Gasteiger partial charge in [-0.3, -0.25) is 4.79 Å². The number of esters is 1. The second-order valence-electron chi connectivity index (χ2n) is 8.47. The number of aryl methyl sites for hydroxylation is 1. The first-order valence-corrected chi connectivity index (χ1v) is 12.7. The molecular weight excluding hydrogens is 470 g/mol. The van der Waals surface area contributed by atoms with Crippen LogP contribution in [0.5, 0.6) is 0 Å². The van der Waals surface area contributed by atoms with Gasteiger partial charge in [-0.1, -0.05) is 23.7 Å². The van der Waals surface area contributed by atoms with E-state index < -0.39 is 5.97 Å². The van der Waals surface area contributed by atoms with Crippen LogP contribution < -0.4 is 0 Å². The number of nitrogens with zero attached hydrogens (tertiary/aromatic N) is 1. The Balaban J connectivity index is 1.30. The molecule has 0 spiro atoms. The van der Waals surface area contributed by atoms with Gasteiger partial charge in [0.1, 0.15) is 0 Å². The minimum atomic E-state index is -0.501. The van der Waals surface area contributed by atoms with Crippen molar-refractivity contribution in [3.63, 3.8) is 0 Å². The lowest BCUT2D eigenvalue weighted by Gasteiger charge is -2.14. The smallest absolute Gasteiger partial charge is 0.338 e. The van der Waals surface area contributed by atoms with Crippen molar-refractivity contribution in [2.75, 3.05) is 13.2 Å². The molecule has 2 heterocycles. The van der Waals surface area contributed by atoms with E-state index >= 15 is 0 Å². The molecule has 178 valence electrons. The molecule has 1 aromatic heterocycles. The van der Waals surface area contributed by atoms with E-state index in [1.165, 1.54) is 0 Å². The zero-order valence-electron chi connectivity index (χ0n) is 19.4. The third-order valence-electron chi connectivity index (χ3n) is 6.03. The van der Waals surface area contributed by atoms with Gasteiger partial charge in [0.25, 0.3) is 0 Å². The van der Waals surface area contributed by atoms with Crippen LogP contribution in [0.25, 0.3) is 0 Å². The average Bonchev–Trinajstić information content (AvgIpc) is 3.46. The summed E-state index contributed by atoms with van der Waals surface area (Å²) in [6.45, 7) is 5.17. The number of halogens is 1. The highest BCUT2D eigenvalue weighted by molar-refractivity contribution is 7.98. The molecule has 34 heavy (non-hydrogen) atoms. The lowest BCUT2D eigenvalue weighted by atomic mass is 10.1. The standard InChI is InChI=1S/C27H28ClNO4S/c1-18-14-25(19(2)29(18)15-23-4-3-13-32-23)26(30)16-33-27(31)21-7-5-20(6-8-21)17-34-24-11-9-22(28)10-12-24/h5-12,14,23H,3-4,13,15-17H2,1-2H3. The van der Waals surface area contributed by atoms with Gasteiger partial charge in [-0.2, -0.15) is 0 Å². The van der Waals surface area contributed by atoms with Crippen molar-refractivity contribution in [3.8, 4) is 0 Å². The molecule has 0 N–H and O–H groups in total. The van der Waals surface area contributed by atoms with Gasteiger partial charge in [0, 0.05) is 45.8 Å². The van der Waals surface area contributed by atoms with E-state index in [-0.39, 0.29) is 18.5 Å². The Hall–Kier alpha value is -2.54. The third kappa shape index (κ3) is 6.12. The number of benzene rings is 2. The maximum absolute atomic E-state index is 12.8. The van der Waals surface area contributed by atoms with E-state index in [1.807, 2.05) is 56.3 Å². The number of Topliss-reactive ketones (excluding diaryl/α,β-unsaturated/α-hetero) is 1. The molecule has 1 aliphatic rings. The molecule has 5 nitrogen and oxygen atoms in total. The molecule has 0 saturated carbocycles. The van der Waals surface area contributed by atoms with Crippen molar-refractivity contribution < 1.29 is 19.1 Å². The number of thioether (sulfide) groups is 1. The molecule has 0 bridgehead atoms. The Labute approximate surface area is 209 Å². The molecule has 1 saturated heterocycles. The van der Waals surface area contributed by atoms with Crippen molar-refractivity contribution in [2.24, 2.45) is 0 Å². The van der Waals surface area contributed by atoms with Crippen molar-refractivity contribution >= 4 is 35.1 Å². The summed E-state index contributed by atoms with van der Waals surface area (Å²) >= 11 is 7.62. The summed E-state index contributed by atoms with van der Waals surface area (Å²) in [6, 6.07) is 16.8. The van der Waals surface area contributed by atoms with Crippen LogP contribution in [0.2, 0.25) is 5.02 Å². The molecule has 2 aromatic carbocycles. The zero-order chi connectivity index (χ0) is 24.1. The molecule has 0 aliphatic carbocycles. The molecule has 1 fully saturated rings. The summed E-state index contributed by atoms with van der Waals surface area (Å²) in [5.74, 6) is 0.0752. The minimum absolute atomic E-state index is 0.193. The highest BCUT2D eigenvalue weighted by Gasteiger charge is 2.22. The number of hydrogen-bond donors (Lipinski definition) is 0. The normalized spacial score (nSPS) is 15.4. The van der Waals surface area contributed by atoms with Crippen molar-refractivity contribution in [2.45, 2.75) is 50.0 Å². The second kappa shape index (κ2) is 11.3. The molecule has 4 rings (SSSR count). The van der Waals surface area contributed by atoms with E-state index in [4.69, 9.17) is 21.1 Å². The first-order chi connectivity index (χ1) is 16.4. The Kier molecular flexibility index (Phi) is 8.14. The summed E-state index contributed by atoms with van der Waals surface area (Å²) in [4.78, 5) is 26.4. The molecule has 1 unspecified atom stereocenters. The molecule has 1 aliphatic heterocycles. The van der Waals surface area contributed by atoms with E-state index in [9.17, 15) is 9.59 Å². The Morgan fingerprint density at radius 1 is 1.12 bits per heavy atom. The van der Waals surface area contributed by atoms with Crippen molar-refractivity contribution in [1.82, 2.24) is 4.57 Å². The van der Waals surface area contributed by atoms with Crippen LogP contribution in [0, 0.1) is 13.8 Å². The topological polar surface area (TPSA) is 57.5 Å². The summed E-state index contributed by atoms with van der Waals surface area (Å²) in [6.07, 6.45) is 2.31. The number of hydrogen-bond acceptors (Lipinski definition) is 5. The van der Waals surface area contributed by atoms with Crippen LogP contribution in [0.1, 0.15) is 50.5 Å². The van der Waals surface area contributed by atoms with Crippen LogP contribution in [0.3, 0.4) is 0 Å². The van der Waals surface area contributed by atoms with Crippen LogP contribution in [0.4, 0.5) is 0 Å². The summed E-state index contributed by atoms with van der Waals surface area (Å²) in [7, 11) is 0. The Morgan fingerprint density at radius 2 is 1.85 bits per heavy atom. The van der Waals surface area contributed by atoms with Crippen molar-refractivity contribution in [1.29, 1.82) is 0 Å². The lowest BCUT2D eigenvalue weighted by molar-refractivity contribution is 0.0474. The average molecular weight is 498 g/mol. The van der Waals surface area contributed by atoms with Crippen LogP contribution in [-0.4, -0.2) is 35.6 Å². The SMILES string of the molecule is Cc1cc(C(=O)COC(=O)c2ccc(CSc3ccc(Cl)cc3)cc2)c(C)n1CC1CCCO1. The van der Waals surface area contributed by atoms with Crippen LogP contribution >= 0.6 is 23.4 Å². The van der Waals surface area contributed by atoms with Gasteiger partial charge < -0.3 is 14.0 Å². The molecule has 3 aromatic rings. The van der Waals surface area contributed by atoms with Gasteiger partial charge in [-0.25, -0.2) is 4.79 Å². The molecular formula is C27H28ClNO4S. The molecule has 7 heteroatoms. The highest BCUT2D eigenvalue weighted by Crippen LogP contribution is 2.25. The highest BCUT2D eigenvalue weighted by atomic mass is 35.5. The van der Waals surface area contributed by atoms with Gasteiger partial charge in [0.05, 0.1) is 11.7 Å². The van der Waals surface area contributed by atoms with Crippen molar-refractivity contribution in [3.05, 3.63) is 87.7 Å². The Bertz CT molecular complexity index is 1150. The second-order valence-corrected chi connectivity index (χ2v) is 9.95. The van der Waals surface area contributed by atoms with Crippen LogP contribution in [0.15, 0.2) is 59.5 Å². The largest absolute Gasteiger partial charge is 0.454 e. The van der Waals surface area contributed by atoms with Gasteiger partial charge in [0.15, 0.2) is 6.61 Å². The van der Waals surface area contributed by atoms with Gasteiger partial charge in [0.2, 0.25) is 5.78 Å². The summed E-state index contributed by atoms with van der Waals surface area (Å²) in [5, 5.41) is 0.715. The van der Waals surface area contributed by atoms with Gasteiger partial charge in [-0.05, 0) is 74.7 Å². The maximum atomic E-state index is 12.8. The number of carbonyl (C=O) groups is 2. The Morgan fingerprint density at radius 3 is 2.53 bits per heavy atom. The van der Waals surface area contributed by atoms with Gasteiger partial charge in [-0.15, -0.1) is 11.8 Å². The third-order valence-corrected chi connectivity index (χ3v) is 7.36. The first-order valence-electron chi connectivity index (χ1n) is 11.4. The predicted molar refractivity (Wildman–Crippen MR) is 135 cm³/mol. The number of ether oxygens (including phenoxy) is 2.